The molecule has 3 N–H and O–H groups in total. The summed E-state index contributed by atoms with van der Waals surface area (Å²) in [5, 5.41) is 21.9. The Labute approximate surface area is 362 Å². The van der Waals surface area contributed by atoms with Crippen molar-refractivity contribution in [3.05, 3.63) is 90.8 Å². The molecule has 0 aliphatic carbocycles. The van der Waals surface area contributed by atoms with Crippen molar-refractivity contribution in [2.75, 3.05) is 41.3 Å². The molecule has 7 aromatic rings. The lowest BCUT2D eigenvalue weighted by Crippen LogP contribution is -2.54. The highest BCUT2D eigenvalue weighted by Crippen LogP contribution is 2.35. The van der Waals surface area contributed by atoms with Crippen LogP contribution in [0.5, 0.6) is 5.75 Å². The van der Waals surface area contributed by atoms with Crippen molar-refractivity contribution in [2.45, 2.75) is 62.6 Å². The van der Waals surface area contributed by atoms with Crippen molar-refractivity contribution >= 4 is 61.5 Å². The molecule has 0 bridgehead atoms. The van der Waals surface area contributed by atoms with Gasteiger partial charge in [0.1, 0.15) is 17.8 Å². The molecule has 2 aliphatic rings. The first kappa shape index (κ1) is 41.4. The van der Waals surface area contributed by atoms with E-state index in [1.165, 1.54) is 33.9 Å². The summed E-state index contributed by atoms with van der Waals surface area (Å²) in [5.74, 6) is 0.142. The van der Waals surface area contributed by atoms with Crippen LogP contribution in [0.25, 0.3) is 27.8 Å². The van der Waals surface area contributed by atoms with Crippen LogP contribution in [0.3, 0.4) is 0 Å². The summed E-state index contributed by atoms with van der Waals surface area (Å²) in [4.78, 5) is 39.5. The number of fused-ring (bicyclic) bond motifs is 2. The molecule has 6 heterocycles. The fourth-order valence-corrected chi connectivity index (χ4v) is 9.53. The highest BCUT2D eigenvalue weighted by molar-refractivity contribution is 7.91. The first-order valence-corrected chi connectivity index (χ1v) is 22.1. The third-order valence-corrected chi connectivity index (χ3v) is 13.1. The average Bonchev–Trinajstić information content (AvgIpc) is 4.01. The van der Waals surface area contributed by atoms with Crippen LogP contribution in [0, 0.1) is 11.7 Å². The highest BCUT2D eigenvalue weighted by Gasteiger charge is 2.32. The zero-order chi connectivity index (χ0) is 44.2. The third kappa shape index (κ3) is 8.02. The van der Waals surface area contributed by atoms with Gasteiger partial charge in [-0.2, -0.15) is 19.7 Å². The van der Waals surface area contributed by atoms with Crippen LogP contribution in [-0.4, -0.2) is 103 Å². The van der Waals surface area contributed by atoms with Gasteiger partial charge >= 0.3 is 6.03 Å². The molecule has 9 rings (SSSR count). The van der Waals surface area contributed by atoms with Crippen molar-refractivity contribution in [1.29, 1.82) is 0 Å². The third-order valence-electron chi connectivity index (χ3n) is 11.4. The molecule has 0 saturated carbocycles. The smallest absolute Gasteiger partial charge is 0.329 e. The number of hydrogen-bond donors (Lipinski definition) is 3. The van der Waals surface area contributed by atoms with E-state index in [2.05, 4.69) is 70.7 Å². The maximum absolute atomic E-state index is 15.7. The van der Waals surface area contributed by atoms with Gasteiger partial charge in [-0.3, -0.25) is 29.7 Å². The van der Waals surface area contributed by atoms with Gasteiger partial charge in [0.05, 0.1) is 33.3 Å². The van der Waals surface area contributed by atoms with E-state index in [9.17, 15) is 18.0 Å². The van der Waals surface area contributed by atoms with Gasteiger partial charge in [0.15, 0.2) is 11.6 Å². The number of benzene rings is 3. The van der Waals surface area contributed by atoms with Crippen molar-refractivity contribution in [1.82, 2.24) is 49.8 Å². The number of nitrogens with zero attached hydrogens (tertiary/aromatic N) is 10. The van der Waals surface area contributed by atoms with Gasteiger partial charge in [-0.25, -0.2) is 22.6 Å². The Bertz CT molecular complexity index is 2990. The van der Waals surface area contributed by atoms with Gasteiger partial charge in [-0.05, 0) is 73.9 Å². The minimum Gasteiger partial charge on any atom is -0.485 e. The van der Waals surface area contributed by atoms with Crippen LogP contribution in [-0.2, 0) is 28.2 Å². The number of aromatic nitrogens is 8. The Balaban J connectivity index is 0.893. The fraction of sp³-hybridized carbons (Fsp3) is 0.326. The first-order valence-electron chi connectivity index (χ1n) is 20.6. The normalized spacial score (nSPS) is 16.5. The summed E-state index contributed by atoms with van der Waals surface area (Å²) in [6.07, 6.45) is 4.78. The van der Waals surface area contributed by atoms with Crippen LogP contribution < -0.4 is 25.2 Å². The quantitative estimate of drug-likeness (QED) is 0.135. The second-order valence-electron chi connectivity index (χ2n) is 16.3. The number of aryl methyl sites for hydroxylation is 1. The average molecular weight is 876 g/mol. The number of carbonyl (C=O) groups excluding carboxylic acids is 2. The van der Waals surface area contributed by atoms with E-state index < -0.39 is 21.7 Å². The summed E-state index contributed by atoms with van der Waals surface area (Å²) < 4.78 is 52.9. The van der Waals surface area contributed by atoms with Gasteiger partial charge in [-0.1, -0.05) is 26.0 Å². The monoisotopic (exact) mass is 875 g/mol. The number of carbonyl (C=O) groups is 2. The highest BCUT2D eigenvalue weighted by atomic mass is 32.2. The number of rotatable bonds is 12. The van der Waals surface area contributed by atoms with E-state index >= 15 is 4.39 Å². The molecule has 3 aromatic carbocycles. The number of sulfone groups is 1. The van der Waals surface area contributed by atoms with Gasteiger partial charge in [0.25, 0.3) is 0 Å². The Morgan fingerprint density at radius 3 is 2.56 bits per heavy atom. The summed E-state index contributed by atoms with van der Waals surface area (Å²) in [5.41, 5.74) is 4.26. The lowest BCUT2D eigenvalue weighted by Gasteiger charge is -2.44. The molecule has 1 atom stereocenters. The predicted octanol–water partition coefficient (Wildman–Crippen LogP) is 5.70. The topological polar surface area (TPSA) is 201 Å². The Kier molecular flexibility index (Phi) is 10.8. The molecule has 4 aromatic heterocycles. The van der Waals surface area contributed by atoms with E-state index in [0.29, 0.717) is 35.0 Å². The largest absolute Gasteiger partial charge is 0.485 e. The van der Waals surface area contributed by atoms with Gasteiger partial charge < -0.3 is 15.0 Å². The number of H-pyrrole nitrogens is 1. The van der Waals surface area contributed by atoms with E-state index in [0.717, 1.165) is 47.9 Å². The van der Waals surface area contributed by atoms with Crippen molar-refractivity contribution in [3.63, 3.8) is 0 Å². The standard InChI is InChI=1S/C43H46FN13O5S/c1-25(2)36-23-54(29-9-11-32-35(18-29)53(5)51-40(32)56-14-13-37(58)49-43(56)59)15-16-55(36)22-27-7-6-8-30(17-27)63(60,61)31-10-12-34(33(44)19-31)48-42-50-41-39(62-26(3)4)38(28-20-46-47-21-28)45-24-57(41)52-42/h6-12,17-21,24-26,36H,13-16,22-23H2,1-5H3,(H,46,47)(H,48,52)(H,49,58,59). The Morgan fingerprint density at radius 1 is 0.984 bits per heavy atom. The lowest BCUT2D eigenvalue weighted by molar-refractivity contribution is -0.120. The van der Waals surface area contributed by atoms with Crippen LogP contribution in [0.15, 0.2) is 89.2 Å². The first-order chi connectivity index (χ1) is 30.2. The minimum absolute atomic E-state index is 0.0120. The molecule has 1 unspecified atom stereocenters. The zero-order valence-electron chi connectivity index (χ0n) is 35.3. The SMILES string of the molecule is CC(C)Oc1c(-c2cn[nH]c2)ncn2nc(Nc3ccc(S(=O)(=O)c4cccc(CN5CCN(c6ccc7c(N8CCC(=O)NC8=O)nn(C)c7c6)CC5C(C)C)c4)cc3F)nc12. The Hall–Kier alpha value is -6.93. The van der Waals surface area contributed by atoms with E-state index in [-0.39, 0.29) is 58.4 Å². The zero-order valence-corrected chi connectivity index (χ0v) is 36.1. The number of urea groups is 1. The van der Waals surface area contributed by atoms with Gasteiger partial charge in [-0.15, -0.1) is 5.10 Å². The number of hydrogen-bond acceptors (Lipinski definition) is 13. The molecule has 3 amide bonds. The minimum atomic E-state index is -4.10. The molecule has 2 saturated heterocycles. The number of nitrogens with one attached hydrogen (secondary N) is 3. The summed E-state index contributed by atoms with van der Waals surface area (Å²) in [7, 11) is -2.25. The summed E-state index contributed by atoms with van der Waals surface area (Å²) in [6, 6.07) is 16.3. The maximum Gasteiger partial charge on any atom is 0.329 e. The van der Waals surface area contributed by atoms with E-state index in [1.807, 2.05) is 39.1 Å². The number of aromatic amines is 1. The van der Waals surface area contributed by atoms with Crippen molar-refractivity contribution in [2.24, 2.45) is 13.0 Å². The summed E-state index contributed by atoms with van der Waals surface area (Å²) >= 11 is 0. The number of anilines is 4. The molecular formula is C43H46FN13O5S. The molecule has 326 valence electrons. The van der Waals surface area contributed by atoms with Gasteiger partial charge in [0.2, 0.25) is 27.3 Å². The second kappa shape index (κ2) is 16.4. The molecule has 0 spiro atoms. The lowest BCUT2D eigenvalue weighted by atomic mass is 9.98. The number of halogens is 1. The maximum atomic E-state index is 15.7. The second-order valence-corrected chi connectivity index (χ2v) is 18.3. The molecule has 2 fully saturated rings. The van der Waals surface area contributed by atoms with Crippen LogP contribution >= 0.6 is 0 Å². The fourth-order valence-electron chi connectivity index (χ4n) is 8.18. The van der Waals surface area contributed by atoms with Crippen LogP contribution in [0.2, 0.25) is 0 Å². The predicted molar refractivity (Wildman–Crippen MR) is 233 cm³/mol. The molecule has 0 radical (unpaired) electrons. The Morgan fingerprint density at radius 2 is 1.81 bits per heavy atom. The molecular weight excluding hydrogens is 830 g/mol. The van der Waals surface area contributed by atoms with Crippen LogP contribution in [0.1, 0.15) is 39.7 Å². The van der Waals surface area contributed by atoms with Gasteiger partial charge in [0, 0.05) is 75.1 Å². The number of imide groups is 1. The molecule has 20 heteroatoms. The molecule has 18 nitrogen and oxygen atoms in total. The molecule has 63 heavy (non-hydrogen) atoms. The molecule has 2 aliphatic heterocycles. The van der Waals surface area contributed by atoms with Crippen molar-refractivity contribution < 1.29 is 27.1 Å². The van der Waals surface area contributed by atoms with E-state index in [1.54, 1.807) is 29.2 Å². The van der Waals surface area contributed by atoms with Crippen molar-refractivity contribution in [3.8, 4) is 17.0 Å². The summed E-state index contributed by atoms with van der Waals surface area (Å²) in [6.45, 7) is 11.1. The number of amides is 3. The van der Waals surface area contributed by atoms with Crippen LogP contribution in [0.4, 0.5) is 32.3 Å². The number of piperazine rings is 1. The van der Waals surface area contributed by atoms with E-state index in [4.69, 9.17) is 4.74 Å². The number of ether oxygens (including phenoxy) is 1.